The summed E-state index contributed by atoms with van der Waals surface area (Å²) in [5.74, 6) is -0.886. The Balaban J connectivity index is 1.48. The van der Waals surface area contributed by atoms with Crippen molar-refractivity contribution in [3.05, 3.63) is 54.0 Å². The van der Waals surface area contributed by atoms with Gasteiger partial charge in [0.05, 0.1) is 34.7 Å². The van der Waals surface area contributed by atoms with Crippen LogP contribution in [0.25, 0.3) is 10.9 Å². The summed E-state index contributed by atoms with van der Waals surface area (Å²) in [7, 11) is -3.78. The molecule has 2 heterocycles. The Labute approximate surface area is 197 Å². The number of sulfonamides is 1. The molecular weight excluding hydrogens is 461 g/mol. The number of hydrogen-bond donors (Lipinski definition) is 1. The number of hydrogen-bond acceptors (Lipinski definition) is 5. The fraction of sp³-hybridized carbons (Fsp3) is 0.417. The number of nitrogens with zero attached hydrogens (tertiary/aromatic N) is 3. The minimum atomic E-state index is -3.78. The molecule has 2 aromatic carbocycles. The first-order valence-electron chi connectivity index (χ1n) is 11.3. The van der Waals surface area contributed by atoms with Crippen molar-refractivity contribution in [2.45, 2.75) is 62.1 Å². The lowest BCUT2D eigenvalue weighted by Gasteiger charge is -2.23. The third-order valence-corrected chi connectivity index (χ3v) is 8.53. The van der Waals surface area contributed by atoms with Gasteiger partial charge < -0.3 is 9.84 Å². The molecule has 180 valence electrons. The first-order valence-corrected chi connectivity index (χ1v) is 12.7. The second-order valence-electron chi connectivity index (χ2n) is 9.38. The molecule has 0 unspecified atom stereocenters. The van der Waals surface area contributed by atoms with E-state index in [1.165, 1.54) is 18.2 Å². The fourth-order valence-electron chi connectivity index (χ4n) is 4.92. The Morgan fingerprint density at radius 2 is 1.94 bits per heavy atom. The molecule has 8 nitrogen and oxygen atoms in total. The summed E-state index contributed by atoms with van der Waals surface area (Å²) >= 11 is 0. The number of carboxylic acid groups (broad SMARTS) is 1. The molecule has 2 fully saturated rings. The zero-order valence-corrected chi connectivity index (χ0v) is 19.8. The Hall–Kier alpha value is -2.98. The van der Waals surface area contributed by atoms with Gasteiger partial charge in [-0.3, -0.25) is 9.48 Å². The van der Waals surface area contributed by atoms with Gasteiger partial charge >= 0.3 is 5.97 Å². The molecule has 0 bridgehead atoms. The molecule has 1 atom stereocenters. The maximum Gasteiger partial charge on any atom is 0.309 e. The minimum Gasteiger partial charge on any atom is -0.491 e. The summed E-state index contributed by atoms with van der Waals surface area (Å²) in [5, 5.41) is 14.3. The Morgan fingerprint density at radius 1 is 1.24 bits per heavy atom. The number of fused-ring (bicyclic) bond motifs is 1. The van der Waals surface area contributed by atoms with E-state index in [1.807, 2.05) is 13.8 Å². The Kier molecular flexibility index (Phi) is 5.40. The number of benzene rings is 2. The lowest BCUT2D eigenvalue weighted by atomic mass is 10.1. The zero-order chi connectivity index (χ0) is 24.3. The highest BCUT2D eigenvalue weighted by Gasteiger charge is 2.59. The van der Waals surface area contributed by atoms with E-state index in [4.69, 9.17) is 4.74 Å². The first-order chi connectivity index (χ1) is 16.1. The van der Waals surface area contributed by atoms with Crippen LogP contribution < -0.4 is 4.74 Å². The van der Waals surface area contributed by atoms with Gasteiger partial charge in [-0.15, -0.1) is 0 Å². The monoisotopic (exact) mass is 487 g/mol. The van der Waals surface area contributed by atoms with Crippen LogP contribution in [-0.4, -0.2) is 51.8 Å². The molecule has 10 heteroatoms. The predicted octanol–water partition coefficient (Wildman–Crippen LogP) is 3.76. The molecular formula is C24H26FN3O5S. The van der Waals surface area contributed by atoms with Crippen LogP contribution in [-0.2, 0) is 21.2 Å². The molecule has 1 aliphatic carbocycles. The third kappa shape index (κ3) is 3.94. The lowest BCUT2D eigenvalue weighted by molar-refractivity contribution is -0.136. The van der Waals surface area contributed by atoms with Gasteiger partial charge in [-0.1, -0.05) is 0 Å². The SMILES string of the molecule is CC(C)Oc1ccc(S(=O)(=O)N2C[C@H](n3nc(CC(=O)O)c4ccc(F)cc43)CC23CC3)cc1. The molecule has 1 N–H and O–H groups in total. The smallest absolute Gasteiger partial charge is 0.309 e. The Bertz CT molecular complexity index is 1360. The molecule has 3 aromatic rings. The van der Waals surface area contributed by atoms with E-state index in [2.05, 4.69) is 5.10 Å². The quantitative estimate of drug-likeness (QED) is 0.545. The van der Waals surface area contributed by atoms with Gasteiger partial charge in [-0.2, -0.15) is 9.40 Å². The van der Waals surface area contributed by atoms with Crippen LogP contribution >= 0.6 is 0 Å². The van der Waals surface area contributed by atoms with Crippen molar-refractivity contribution in [3.63, 3.8) is 0 Å². The van der Waals surface area contributed by atoms with Gasteiger partial charge in [0.2, 0.25) is 10.0 Å². The van der Waals surface area contributed by atoms with Gasteiger partial charge in [0.25, 0.3) is 0 Å². The summed E-state index contributed by atoms with van der Waals surface area (Å²) in [6.45, 7) is 3.99. The normalized spacial score (nSPS) is 19.8. The van der Waals surface area contributed by atoms with Crippen LogP contribution in [0.4, 0.5) is 4.39 Å². The van der Waals surface area contributed by atoms with Gasteiger partial charge in [0, 0.05) is 17.5 Å². The standard InChI is InChI=1S/C24H26FN3O5S/c1-15(2)33-18-4-6-19(7-5-18)34(31,32)27-14-17(13-24(27)9-10-24)28-22-11-16(25)3-8-20(22)21(26-28)12-23(29)30/h3-8,11,15,17H,9-10,12-14H2,1-2H3,(H,29,30)/t17-/m1/s1. The van der Waals surface area contributed by atoms with E-state index in [9.17, 15) is 22.7 Å². The maximum absolute atomic E-state index is 14.1. The molecule has 1 spiro atoms. The number of aliphatic carboxylic acids is 1. The van der Waals surface area contributed by atoms with Crippen LogP contribution in [0.3, 0.4) is 0 Å². The average Bonchev–Trinajstić information content (AvgIpc) is 3.29. The van der Waals surface area contributed by atoms with Gasteiger partial charge in [0.1, 0.15) is 11.6 Å². The summed E-state index contributed by atoms with van der Waals surface area (Å²) in [4.78, 5) is 11.5. The molecule has 1 saturated carbocycles. The van der Waals surface area contributed by atoms with Crippen LogP contribution in [0.1, 0.15) is 44.8 Å². The summed E-state index contributed by atoms with van der Waals surface area (Å²) in [5.41, 5.74) is 0.329. The summed E-state index contributed by atoms with van der Waals surface area (Å²) in [6, 6.07) is 10.2. The highest BCUT2D eigenvalue weighted by atomic mass is 32.2. The number of ether oxygens (including phenoxy) is 1. The van der Waals surface area contributed by atoms with Crippen molar-refractivity contribution in [3.8, 4) is 5.75 Å². The van der Waals surface area contributed by atoms with E-state index in [0.29, 0.717) is 28.8 Å². The average molecular weight is 488 g/mol. The van der Waals surface area contributed by atoms with Crippen molar-refractivity contribution in [2.75, 3.05) is 6.54 Å². The molecule has 1 saturated heterocycles. The minimum absolute atomic E-state index is 0.0173. The zero-order valence-electron chi connectivity index (χ0n) is 18.9. The topological polar surface area (TPSA) is 102 Å². The lowest BCUT2D eigenvalue weighted by Crippen LogP contribution is -2.37. The first kappa shape index (κ1) is 22.8. The summed E-state index contributed by atoms with van der Waals surface area (Å²) < 4.78 is 50.0. The van der Waals surface area contributed by atoms with Crippen molar-refractivity contribution in [2.24, 2.45) is 0 Å². The van der Waals surface area contributed by atoms with Crippen LogP contribution in [0.5, 0.6) is 5.75 Å². The number of rotatable bonds is 7. The molecule has 1 aromatic heterocycles. The second-order valence-corrected chi connectivity index (χ2v) is 11.2. The van der Waals surface area contributed by atoms with E-state index in [0.717, 1.165) is 12.8 Å². The van der Waals surface area contributed by atoms with Crippen molar-refractivity contribution in [1.82, 2.24) is 14.1 Å². The second kappa shape index (κ2) is 8.06. The molecule has 0 amide bonds. The number of carbonyl (C=O) groups is 1. The van der Waals surface area contributed by atoms with Crippen molar-refractivity contribution in [1.29, 1.82) is 0 Å². The van der Waals surface area contributed by atoms with Gasteiger partial charge in [0.15, 0.2) is 0 Å². The molecule has 2 aliphatic rings. The van der Waals surface area contributed by atoms with Crippen LogP contribution in [0.15, 0.2) is 47.4 Å². The van der Waals surface area contributed by atoms with E-state index in [-0.39, 0.29) is 30.0 Å². The Morgan fingerprint density at radius 3 is 2.56 bits per heavy atom. The maximum atomic E-state index is 14.1. The van der Waals surface area contributed by atoms with Gasteiger partial charge in [-0.05, 0) is 75.6 Å². The highest BCUT2D eigenvalue weighted by molar-refractivity contribution is 7.89. The van der Waals surface area contributed by atoms with E-state index < -0.39 is 27.3 Å². The van der Waals surface area contributed by atoms with E-state index in [1.54, 1.807) is 33.3 Å². The predicted molar refractivity (Wildman–Crippen MR) is 123 cm³/mol. The van der Waals surface area contributed by atoms with Crippen LogP contribution in [0.2, 0.25) is 0 Å². The number of aromatic nitrogens is 2. The van der Waals surface area contributed by atoms with E-state index >= 15 is 0 Å². The fourth-order valence-corrected chi connectivity index (χ4v) is 6.79. The molecule has 0 radical (unpaired) electrons. The highest BCUT2D eigenvalue weighted by Crippen LogP contribution is 2.55. The molecule has 1 aliphatic heterocycles. The third-order valence-electron chi connectivity index (χ3n) is 6.54. The van der Waals surface area contributed by atoms with Crippen molar-refractivity contribution >= 4 is 26.9 Å². The number of carboxylic acids is 1. The van der Waals surface area contributed by atoms with Crippen LogP contribution in [0, 0.1) is 5.82 Å². The number of halogens is 1. The molecule has 34 heavy (non-hydrogen) atoms. The molecule has 5 rings (SSSR count). The largest absolute Gasteiger partial charge is 0.491 e. The van der Waals surface area contributed by atoms with Crippen molar-refractivity contribution < 1.29 is 27.4 Å². The van der Waals surface area contributed by atoms with Gasteiger partial charge in [-0.25, -0.2) is 12.8 Å². The summed E-state index contributed by atoms with van der Waals surface area (Å²) in [6.07, 6.45) is 1.72.